The second kappa shape index (κ2) is 2.19. The average molecular weight is 172 g/mol. The molecular formula is C7H4N6. The lowest BCUT2D eigenvalue weighted by molar-refractivity contribution is 0.812. The van der Waals surface area contributed by atoms with E-state index in [2.05, 4.69) is 25.5 Å². The van der Waals surface area contributed by atoms with Crippen molar-refractivity contribution in [2.45, 2.75) is 0 Å². The van der Waals surface area contributed by atoms with Crippen LogP contribution in [-0.2, 0) is 0 Å². The van der Waals surface area contributed by atoms with Gasteiger partial charge in [-0.1, -0.05) is 0 Å². The summed E-state index contributed by atoms with van der Waals surface area (Å²) >= 11 is 0. The highest BCUT2D eigenvalue weighted by Gasteiger charge is 2.03. The lowest BCUT2D eigenvalue weighted by Gasteiger charge is -1.94. The molecule has 0 bridgehead atoms. The molecule has 3 aromatic heterocycles. The average Bonchev–Trinajstić information content (AvgIpc) is 2.65. The van der Waals surface area contributed by atoms with Gasteiger partial charge in [0.1, 0.15) is 11.8 Å². The van der Waals surface area contributed by atoms with Crippen molar-refractivity contribution >= 4 is 16.7 Å². The molecule has 0 aromatic carbocycles. The third-order valence-electron chi connectivity index (χ3n) is 1.80. The van der Waals surface area contributed by atoms with E-state index in [1.807, 2.05) is 12.1 Å². The third kappa shape index (κ3) is 0.792. The van der Waals surface area contributed by atoms with E-state index in [4.69, 9.17) is 0 Å². The quantitative estimate of drug-likeness (QED) is 0.480. The van der Waals surface area contributed by atoms with Gasteiger partial charge in [0, 0.05) is 6.20 Å². The van der Waals surface area contributed by atoms with E-state index in [9.17, 15) is 0 Å². The van der Waals surface area contributed by atoms with Gasteiger partial charge in [-0.3, -0.25) is 4.98 Å². The fourth-order valence-corrected chi connectivity index (χ4v) is 1.22. The van der Waals surface area contributed by atoms with E-state index in [1.165, 1.54) is 4.52 Å². The molecule has 0 spiro atoms. The summed E-state index contributed by atoms with van der Waals surface area (Å²) in [7, 11) is 0. The number of aromatic nitrogens is 6. The van der Waals surface area contributed by atoms with Crippen molar-refractivity contribution in [2.75, 3.05) is 0 Å². The molecule has 0 aliphatic carbocycles. The van der Waals surface area contributed by atoms with Crippen LogP contribution in [0.4, 0.5) is 0 Å². The minimum atomic E-state index is 0.630. The molecule has 0 aliphatic rings. The van der Waals surface area contributed by atoms with Gasteiger partial charge in [-0.2, -0.15) is 4.52 Å². The summed E-state index contributed by atoms with van der Waals surface area (Å²) < 4.78 is 1.50. The van der Waals surface area contributed by atoms with Crippen LogP contribution in [0.3, 0.4) is 0 Å². The topological polar surface area (TPSA) is 68.9 Å². The maximum absolute atomic E-state index is 4.16. The molecule has 0 saturated carbocycles. The van der Waals surface area contributed by atoms with Crippen LogP contribution < -0.4 is 0 Å². The van der Waals surface area contributed by atoms with Gasteiger partial charge >= 0.3 is 0 Å². The molecule has 13 heavy (non-hydrogen) atoms. The van der Waals surface area contributed by atoms with Gasteiger partial charge in [0.05, 0.1) is 5.52 Å². The molecule has 0 aliphatic heterocycles. The summed E-state index contributed by atoms with van der Waals surface area (Å²) in [4.78, 5) is 8.30. The highest BCUT2D eigenvalue weighted by atomic mass is 15.5. The zero-order valence-electron chi connectivity index (χ0n) is 6.49. The fourth-order valence-electron chi connectivity index (χ4n) is 1.22. The lowest BCUT2D eigenvalue weighted by Crippen LogP contribution is -1.92. The molecule has 3 rings (SSSR count). The zero-order chi connectivity index (χ0) is 8.67. The minimum Gasteiger partial charge on any atom is -0.251 e. The van der Waals surface area contributed by atoms with E-state index in [0.717, 1.165) is 11.0 Å². The minimum absolute atomic E-state index is 0.630. The Hall–Kier alpha value is -2.11. The molecule has 0 atom stereocenters. The lowest BCUT2D eigenvalue weighted by atomic mass is 10.3. The molecule has 0 fully saturated rings. The summed E-state index contributed by atoms with van der Waals surface area (Å²) in [6.45, 7) is 0. The number of hydrogen-bond donors (Lipinski definition) is 0. The molecule has 0 amide bonds. The molecule has 3 heterocycles. The van der Waals surface area contributed by atoms with Crippen LogP contribution >= 0.6 is 0 Å². The van der Waals surface area contributed by atoms with Crippen LogP contribution in [0.1, 0.15) is 0 Å². The van der Waals surface area contributed by atoms with Gasteiger partial charge in [-0.15, -0.1) is 5.10 Å². The van der Waals surface area contributed by atoms with Crippen molar-refractivity contribution in [3.63, 3.8) is 0 Å². The van der Waals surface area contributed by atoms with Gasteiger partial charge in [-0.05, 0) is 22.6 Å². The third-order valence-corrected chi connectivity index (χ3v) is 1.80. The fraction of sp³-hybridized carbons (Fsp3) is 0. The number of nitrogens with zero attached hydrogens (tertiary/aromatic N) is 6. The molecule has 62 valence electrons. The van der Waals surface area contributed by atoms with E-state index >= 15 is 0 Å². The molecule has 3 aromatic rings. The Balaban J connectivity index is 2.65. The van der Waals surface area contributed by atoms with Crippen molar-refractivity contribution in [2.24, 2.45) is 0 Å². The summed E-state index contributed by atoms with van der Waals surface area (Å²) in [6, 6.07) is 3.70. The number of rotatable bonds is 0. The van der Waals surface area contributed by atoms with Gasteiger partial charge < -0.3 is 0 Å². The number of hydrogen-bond acceptors (Lipinski definition) is 5. The van der Waals surface area contributed by atoms with E-state index in [0.29, 0.717) is 5.65 Å². The largest absolute Gasteiger partial charge is 0.251 e. The van der Waals surface area contributed by atoms with Crippen molar-refractivity contribution in [1.29, 1.82) is 0 Å². The SMILES string of the molecule is c1cnc2c(c1)ncn1nnnc21. The Labute approximate surface area is 72.2 Å². The van der Waals surface area contributed by atoms with Crippen LogP contribution in [0.2, 0.25) is 0 Å². The predicted octanol–water partition coefficient (Wildman–Crippen LogP) is 0.0675. The molecule has 6 heteroatoms. The summed E-state index contributed by atoms with van der Waals surface area (Å²) in [5.41, 5.74) is 2.14. The maximum atomic E-state index is 4.16. The number of pyridine rings is 1. The highest BCUT2D eigenvalue weighted by molar-refractivity contribution is 5.86. The number of fused-ring (bicyclic) bond motifs is 3. The van der Waals surface area contributed by atoms with Crippen molar-refractivity contribution in [1.82, 2.24) is 30.0 Å². The smallest absolute Gasteiger partial charge is 0.208 e. The molecule has 0 N–H and O–H groups in total. The van der Waals surface area contributed by atoms with Crippen LogP contribution in [0.25, 0.3) is 16.7 Å². The first-order chi connectivity index (χ1) is 6.45. The number of tetrazole rings is 1. The Morgan fingerprint density at radius 2 is 2.23 bits per heavy atom. The van der Waals surface area contributed by atoms with Crippen molar-refractivity contribution < 1.29 is 0 Å². The van der Waals surface area contributed by atoms with Crippen molar-refractivity contribution in [3.05, 3.63) is 24.7 Å². The van der Waals surface area contributed by atoms with Gasteiger partial charge in [0.2, 0.25) is 5.65 Å². The Kier molecular flexibility index (Phi) is 1.08. The molecule has 0 radical (unpaired) electrons. The highest BCUT2D eigenvalue weighted by Crippen LogP contribution is 2.10. The van der Waals surface area contributed by atoms with Crippen LogP contribution in [0.5, 0.6) is 0 Å². The standard InChI is InChI=1S/C7H4N6/c1-2-5-6(8-3-1)7-10-11-12-13(7)4-9-5/h1-4H. The first kappa shape index (κ1) is 6.41. The van der Waals surface area contributed by atoms with E-state index in [1.54, 1.807) is 12.5 Å². The van der Waals surface area contributed by atoms with E-state index in [-0.39, 0.29) is 0 Å². The molecule has 0 unspecified atom stereocenters. The van der Waals surface area contributed by atoms with Crippen LogP contribution in [0, 0.1) is 0 Å². The van der Waals surface area contributed by atoms with E-state index < -0.39 is 0 Å². The molecule has 0 saturated heterocycles. The van der Waals surface area contributed by atoms with Crippen LogP contribution in [0.15, 0.2) is 24.7 Å². The molecular weight excluding hydrogens is 168 g/mol. The monoisotopic (exact) mass is 172 g/mol. The Bertz CT molecular complexity index is 571. The van der Waals surface area contributed by atoms with Gasteiger partial charge in [0.25, 0.3) is 0 Å². The Morgan fingerprint density at radius 1 is 1.23 bits per heavy atom. The molecule has 6 nitrogen and oxygen atoms in total. The van der Waals surface area contributed by atoms with Gasteiger partial charge in [0.15, 0.2) is 0 Å². The van der Waals surface area contributed by atoms with Crippen molar-refractivity contribution in [3.8, 4) is 0 Å². The normalized spacial score (nSPS) is 11.1. The zero-order valence-corrected chi connectivity index (χ0v) is 6.49. The summed E-state index contributed by atoms with van der Waals surface area (Å²) in [5, 5.41) is 11.1. The first-order valence-electron chi connectivity index (χ1n) is 3.72. The second-order valence-corrected chi connectivity index (χ2v) is 2.56. The summed E-state index contributed by atoms with van der Waals surface area (Å²) in [6.07, 6.45) is 3.26. The maximum Gasteiger partial charge on any atom is 0.208 e. The second-order valence-electron chi connectivity index (χ2n) is 2.56. The summed E-state index contributed by atoms with van der Waals surface area (Å²) in [5.74, 6) is 0. The first-order valence-corrected chi connectivity index (χ1v) is 3.72. The predicted molar refractivity (Wildman–Crippen MR) is 43.9 cm³/mol. The van der Waals surface area contributed by atoms with Crippen LogP contribution in [-0.4, -0.2) is 30.0 Å². The van der Waals surface area contributed by atoms with Gasteiger partial charge in [-0.25, -0.2) is 4.98 Å². The Morgan fingerprint density at radius 3 is 3.23 bits per heavy atom.